The normalized spacial score (nSPS) is 22.1. The van der Waals surface area contributed by atoms with E-state index >= 15 is 0 Å². The zero-order chi connectivity index (χ0) is 16.8. The molecule has 3 nitrogen and oxygen atoms in total. The lowest BCUT2D eigenvalue weighted by atomic mass is 10.0. The van der Waals surface area contributed by atoms with Gasteiger partial charge in [-0.05, 0) is 38.3 Å². The van der Waals surface area contributed by atoms with Gasteiger partial charge in [-0.25, -0.2) is 0 Å². The van der Waals surface area contributed by atoms with Gasteiger partial charge in [-0.2, -0.15) is 0 Å². The molecule has 2 aromatic carbocycles. The summed E-state index contributed by atoms with van der Waals surface area (Å²) in [5, 5.41) is 3.74. The molecule has 2 aromatic rings. The third-order valence-electron chi connectivity index (χ3n) is 4.59. The van der Waals surface area contributed by atoms with Crippen molar-refractivity contribution >= 4 is 0 Å². The van der Waals surface area contributed by atoms with Crippen LogP contribution in [0.15, 0.2) is 54.6 Å². The highest BCUT2D eigenvalue weighted by Crippen LogP contribution is 2.27. The van der Waals surface area contributed by atoms with Gasteiger partial charge >= 0.3 is 0 Å². The second-order valence-corrected chi connectivity index (χ2v) is 6.60. The molecule has 0 unspecified atom stereocenters. The molecule has 128 valence electrons. The van der Waals surface area contributed by atoms with E-state index in [1.807, 2.05) is 24.3 Å². The maximum Gasteiger partial charge on any atom is 0.124 e. The highest BCUT2D eigenvalue weighted by Gasteiger charge is 2.22. The fourth-order valence-electron chi connectivity index (χ4n) is 3.30. The van der Waals surface area contributed by atoms with E-state index in [4.69, 9.17) is 9.47 Å². The third kappa shape index (κ3) is 4.59. The number of nitrogens with one attached hydrogen (secondary N) is 1. The van der Waals surface area contributed by atoms with Gasteiger partial charge in [0, 0.05) is 24.3 Å². The molecule has 1 heterocycles. The molecule has 0 saturated carbocycles. The van der Waals surface area contributed by atoms with E-state index in [-0.39, 0.29) is 6.04 Å². The number of para-hydroxylation sites is 1. The summed E-state index contributed by atoms with van der Waals surface area (Å²) >= 11 is 0. The van der Waals surface area contributed by atoms with Gasteiger partial charge in [0.1, 0.15) is 12.4 Å². The summed E-state index contributed by atoms with van der Waals surface area (Å²) in [5.74, 6) is 0.960. The van der Waals surface area contributed by atoms with E-state index in [9.17, 15) is 0 Å². The minimum atomic E-state index is 0.257. The minimum Gasteiger partial charge on any atom is -0.489 e. The van der Waals surface area contributed by atoms with Gasteiger partial charge in [0.15, 0.2) is 0 Å². The van der Waals surface area contributed by atoms with E-state index in [1.165, 1.54) is 11.1 Å². The molecule has 0 spiro atoms. The van der Waals surface area contributed by atoms with Crippen molar-refractivity contribution in [3.05, 3.63) is 65.7 Å². The first-order chi connectivity index (χ1) is 11.7. The summed E-state index contributed by atoms with van der Waals surface area (Å²) in [7, 11) is 0. The molecule has 1 aliphatic heterocycles. The standard InChI is InChI=1S/C21H27NO2/c1-16-14-19(12-13-23-16)22-17(2)20-10-6-7-11-21(20)24-15-18-8-4-3-5-9-18/h3-11,16-17,19,22H,12-15H2,1-2H3/t16-,17+,19+/m1/s1. The molecule has 0 aromatic heterocycles. The second-order valence-electron chi connectivity index (χ2n) is 6.60. The maximum absolute atomic E-state index is 6.09. The highest BCUT2D eigenvalue weighted by atomic mass is 16.5. The molecule has 24 heavy (non-hydrogen) atoms. The van der Waals surface area contributed by atoms with Crippen molar-refractivity contribution in [3.63, 3.8) is 0 Å². The Bertz CT molecular complexity index is 629. The molecule has 0 amide bonds. The average molecular weight is 325 g/mol. The molecule has 3 heteroatoms. The van der Waals surface area contributed by atoms with Gasteiger partial charge in [-0.3, -0.25) is 0 Å². The minimum absolute atomic E-state index is 0.257. The van der Waals surface area contributed by atoms with E-state index in [1.54, 1.807) is 0 Å². The Labute approximate surface area is 145 Å². The first kappa shape index (κ1) is 17.0. The van der Waals surface area contributed by atoms with Crippen LogP contribution in [0.25, 0.3) is 0 Å². The first-order valence-corrected chi connectivity index (χ1v) is 8.85. The predicted octanol–water partition coefficient (Wildman–Crippen LogP) is 4.48. The van der Waals surface area contributed by atoms with Gasteiger partial charge in [-0.1, -0.05) is 48.5 Å². The van der Waals surface area contributed by atoms with Gasteiger partial charge in [0.2, 0.25) is 0 Å². The van der Waals surface area contributed by atoms with E-state index in [0.717, 1.165) is 25.2 Å². The monoisotopic (exact) mass is 325 g/mol. The zero-order valence-electron chi connectivity index (χ0n) is 14.6. The van der Waals surface area contributed by atoms with Crippen LogP contribution in [-0.4, -0.2) is 18.8 Å². The topological polar surface area (TPSA) is 30.5 Å². The van der Waals surface area contributed by atoms with E-state index in [2.05, 4.69) is 49.5 Å². The largest absolute Gasteiger partial charge is 0.489 e. The molecule has 0 aliphatic carbocycles. The van der Waals surface area contributed by atoms with Crippen LogP contribution in [0, 0.1) is 0 Å². The number of hydrogen-bond donors (Lipinski definition) is 1. The third-order valence-corrected chi connectivity index (χ3v) is 4.59. The van der Waals surface area contributed by atoms with Crippen LogP contribution in [0.1, 0.15) is 43.9 Å². The van der Waals surface area contributed by atoms with Gasteiger partial charge in [0.25, 0.3) is 0 Å². The lowest BCUT2D eigenvalue weighted by molar-refractivity contribution is 0.0115. The number of benzene rings is 2. The number of hydrogen-bond acceptors (Lipinski definition) is 3. The Hall–Kier alpha value is -1.84. The van der Waals surface area contributed by atoms with Gasteiger partial charge < -0.3 is 14.8 Å². The Morgan fingerprint density at radius 1 is 1.12 bits per heavy atom. The second kappa shape index (κ2) is 8.32. The van der Waals surface area contributed by atoms with Crippen LogP contribution in [0.5, 0.6) is 5.75 Å². The smallest absolute Gasteiger partial charge is 0.124 e. The van der Waals surface area contributed by atoms with Gasteiger partial charge in [-0.15, -0.1) is 0 Å². The zero-order valence-corrected chi connectivity index (χ0v) is 14.6. The van der Waals surface area contributed by atoms with Gasteiger partial charge in [0.05, 0.1) is 6.10 Å². The van der Waals surface area contributed by atoms with Crippen molar-refractivity contribution in [2.24, 2.45) is 0 Å². The molecule has 1 aliphatic rings. The maximum atomic E-state index is 6.09. The average Bonchev–Trinajstić information content (AvgIpc) is 2.61. The quantitative estimate of drug-likeness (QED) is 0.849. The molecular weight excluding hydrogens is 298 g/mol. The van der Waals surface area contributed by atoms with Crippen LogP contribution in [0.3, 0.4) is 0 Å². The summed E-state index contributed by atoms with van der Waals surface area (Å²) in [4.78, 5) is 0. The van der Waals surface area contributed by atoms with E-state index in [0.29, 0.717) is 18.8 Å². The fourth-order valence-corrected chi connectivity index (χ4v) is 3.30. The fraction of sp³-hybridized carbons (Fsp3) is 0.429. The molecule has 1 N–H and O–H groups in total. The summed E-state index contributed by atoms with van der Waals surface area (Å²) in [6.45, 7) is 5.80. The molecular formula is C21H27NO2. The predicted molar refractivity (Wildman–Crippen MR) is 97.2 cm³/mol. The van der Waals surface area contributed by atoms with Crippen LogP contribution in [0.4, 0.5) is 0 Å². The van der Waals surface area contributed by atoms with Crippen molar-refractivity contribution in [2.75, 3.05) is 6.61 Å². The van der Waals surface area contributed by atoms with Crippen molar-refractivity contribution in [1.29, 1.82) is 0 Å². The Balaban J connectivity index is 1.64. The SMILES string of the molecule is C[C@@H]1C[C@@H](N[C@@H](C)c2ccccc2OCc2ccccc2)CCO1. The van der Waals surface area contributed by atoms with Crippen LogP contribution in [0.2, 0.25) is 0 Å². The Morgan fingerprint density at radius 2 is 1.88 bits per heavy atom. The molecule has 0 radical (unpaired) electrons. The van der Waals surface area contributed by atoms with Crippen LogP contribution in [-0.2, 0) is 11.3 Å². The molecule has 0 bridgehead atoms. The number of rotatable bonds is 6. The van der Waals surface area contributed by atoms with E-state index < -0.39 is 0 Å². The van der Waals surface area contributed by atoms with Crippen LogP contribution >= 0.6 is 0 Å². The summed E-state index contributed by atoms with van der Waals surface area (Å²) in [5.41, 5.74) is 2.40. The van der Waals surface area contributed by atoms with Crippen molar-refractivity contribution in [1.82, 2.24) is 5.32 Å². The van der Waals surface area contributed by atoms with Crippen molar-refractivity contribution < 1.29 is 9.47 Å². The highest BCUT2D eigenvalue weighted by molar-refractivity contribution is 5.36. The lowest BCUT2D eigenvalue weighted by Crippen LogP contribution is -2.39. The first-order valence-electron chi connectivity index (χ1n) is 8.85. The lowest BCUT2D eigenvalue weighted by Gasteiger charge is -2.31. The summed E-state index contributed by atoms with van der Waals surface area (Å²) < 4.78 is 11.7. The summed E-state index contributed by atoms with van der Waals surface area (Å²) in [6.07, 6.45) is 2.48. The number of ether oxygens (including phenoxy) is 2. The summed E-state index contributed by atoms with van der Waals surface area (Å²) in [6, 6.07) is 19.4. The van der Waals surface area contributed by atoms with Crippen molar-refractivity contribution in [2.45, 2.75) is 51.5 Å². The molecule has 1 fully saturated rings. The molecule has 1 saturated heterocycles. The molecule has 3 atom stereocenters. The Kier molecular flexibility index (Phi) is 5.89. The van der Waals surface area contributed by atoms with Crippen molar-refractivity contribution in [3.8, 4) is 5.75 Å². The Morgan fingerprint density at radius 3 is 2.67 bits per heavy atom. The van der Waals surface area contributed by atoms with Crippen LogP contribution < -0.4 is 10.1 Å². The molecule has 3 rings (SSSR count).